The number of benzene rings is 1. The molecule has 102 valence electrons. The summed E-state index contributed by atoms with van der Waals surface area (Å²) >= 11 is 6.19. The zero-order valence-corrected chi connectivity index (χ0v) is 11.8. The second-order valence-electron chi connectivity index (χ2n) is 4.16. The minimum Gasteiger partial charge on any atom is -0.484 e. The fourth-order valence-electron chi connectivity index (χ4n) is 1.69. The van der Waals surface area contributed by atoms with Crippen molar-refractivity contribution in [3.63, 3.8) is 0 Å². The molecule has 19 heavy (non-hydrogen) atoms. The molecule has 2 aromatic rings. The van der Waals surface area contributed by atoms with Crippen LogP contribution in [0.4, 0.5) is 0 Å². The van der Waals surface area contributed by atoms with E-state index in [2.05, 4.69) is 22.4 Å². The lowest BCUT2D eigenvalue weighted by molar-refractivity contribution is 0.288. The van der Waals surface area contributed by atoms with E-state index in [-0.39, 0.29) is 0 Å². The lowest BCUT2D eigenvalue weighted by atomic mass is 10.2. The molecular weight excluding hydrogens is 264 g/mol. The van der Waals surface area contributed by atoms with Crippen LogP contribution < -0.4 is 10.1 Å². The first-order valence-electron chi connectivity index (χ1n) is 6.16. The molecule has 0 fully saturated rings. The predicted octanol–water partition coefficient (Wildman–Crippen LogP) is 2.16. The molecule has 2 rings (SSSR count). The molecule has 0 bridgehead atoms. The topological polar surface area (TPSA) is 52.0 Å². The van der Waals surface area contributed by atoms with Crippen LogP contribution in [0.2, 0.25) is 5.02 Å². The van der Waals surface area contributed by atoms with Crippen LogP contribution in [-0.2, 0) is 20.2 Å². The Kier molecular flexibility index (Phi) is 4.76. The number of ether oxygens (including phenoxy) is 1. The number of halogens is 1. The van der Waals surface area contributed by atoms with Crippen LogP contribution in [-0.4, -0.2) is 21.3 Å². The highest BCUT2D eigenvalue weighted by Crippen LogP contribution is 2.29. The SMILES string of the molecule is CCNCc1cccc(Cl)c1OCc1nncn1C. The first kappa shape index (κ1) is 13.8. The van der Waals surface area contributed by atoms with Crippen molar-refractivity contribution in [2.24, 2.45) is 7.05 Å². The van der Waals surface area contributed by atoms with E-state index in [0.29, 0.717) is 17.4 Å². The molecule has 0 radical (unpaired) electrons. The Hall–Kier alpha value is -1.59. The molecule has 1 aromatic heterocycles. The number of rotatable bonds is 6. The number of nitrogens with one attached hydrogen (secondary N) is 1. The van der Waals surface area contributed by atoms with E-state index in [4.69, 9.17) is 16.3 Å². The minimum atomic E-state index is 0.347. The van der Waals surface area contributed by atoms with E-state index in [0.717, 1.165) is 24.5 Å². The largest absolute Gasteiger partial charge is 0.484 e. The van der Waals surface area contributed by atoms with Crippen molar-refractivity contribution in [1.82, 2.24) is 20.1 Å². The highest BCUT2D eigenvalue weighted by molar-refractivity contribution is 6.32. The molecule has 5 nitrogen and oxygen atoms in total. The molecule has 0 saturated heterocycles. The molecule has 0 atom stereocenters. The summed E-state index contributed by atoms with van der Waals surface area (Å²) in [4.78, 5) is 0. The van der Waals surface area contributed by atoms with Crippen molar-refractivity contribution in [1.29, 1.82) is 0 Å². The summed E-state index contributed by atoms with van der Waals surface area (Å²) in [5.74, 6) is 1.46. The van der Waals surface area contributed by atoms with Gasteiger partial charge in [0.15, 0.2) is 5.82 Å². The van der Waals surface area contributed by atoms with E-state index >= 15 is 0 Å². The summed E-state index contributed by atoms with van der Waals surface area (Å²) < 4.78 is 7.62. The molecular formula is C13H17ClN4O. The quantitative estimate of drug-likeness (QED) is 0.881. The van der Waals surface area contributed by atoms with Crippen LogP contribution in [0.1, 0.15) is 18.3 Å². The average molecular weight is 281 g/mol. The smallest absolute Gasteiger partial charge is 0.170 e. The summed E-state index contributed by atoms with van der Waals surface area (Å²) in [6, 6.07) is 5.74. The van der Waals surface area contributed by atoms with E-state index < -0.39 is 0 Å². The fraction of sp³-hybridized carbons (Fsp3) is 0.385. The minimum absolute atomic E-state index is 0.347. The van der Waals surface area contributed by atoms with Gasteiger partial charge >= 0.3 is 0 Å². The van der Waals surface area contributed by atoms with E-state index in [1.54, 1.807) is 6.33 Å². The number of hydrogen-bond acceptors (Lipinski definition) is 4. The molecule has 0 aliphatic carbocycles. The molecule has 0 amide bonds. The summed E-state index contributed by atoms with van der Waals surface area (Å²) in [5, 5.41) is 11.7. The Bertz CT molecular complexity index is 541. The molecule has 1 N–H and O–H groups in total. The van der Waals surface area contributed by atoms with Crippen molar-refractivity contribution in [2.75, 3.05) is 6.54 Å². The Morgan fingerprint density at radius 1 is 1.42 bits per heavy atom. The maximum absolute atomic E-state index is 6.19. The second kappa shape index (κ2) is 6.54. The van der Waals surface area contributed by atoms with Gasteiger partial charge in [-0.25, -0.2) is 0 Å². The highest BCUT2D eigenvalue weighted by atomic mass is 35.5. The third-order valence-corrected chi connectivity index (χ3v) is 3.06. The highest BCUT2D eigenvalue weighted by Gasteiger charge is 2.10. The van der Waals surface area contributed by atoms with Crippen LogP contribution in [0.5, 0.6) is 5.75 Å². The molecule has 1 aromatic carbocycles. The van der Waals surface area contributed by atoms with E-state index in [1.807, 2.05) is 29.8 Å². The molecule has 0 spiro atoms. The molecule has 0 aliphatic heterocycles. The molecule has 1 heterocycles. The van der Waals surface area contributed by atoms with Gasteiger partial charge in [-0.2, -0.15) is 0 Å². The summed E-state index contributed by atoms with van der Waals surface area (Å²) in [6.45, 7) is 4.03. The van der Waals surface area contributed by atoms with Gasteiger partial charge in [-0.15, -0.1) is 10.2 Å². The van der Waals surface area contributed by atoms with Gasteiger partial charge in [0.2, 0.25) is 0 Å². The summed E-state index contributed by atoms with van der Waals surface area (Å²) in [6.07, 6.45) is 1.64. The van der Waals surface area contributed by atoms with Crippen molar-refractivity contribution in [2.45, 2.75) is 20.1 Å². The van der Waals surface area contributed by atoms with Crippen molar-refractivity contribution < 1.29 is 4.74 Å². The Morgan fingerprint density at radius 3 is 2.95 bits per heavy atom. The van der Waals surface area contributed by atoms with Crippen molar-refractivity contribution in [3.05, 3.63) is 40.9 Å². The number of nitrogens with zero attached hydrogens (tertiary/aromatic N) is 3. The second-order valence-corrected chi connectivity index (χ2v) is 4.56. The maximum Gasteiger partial charge on any atom is 0.170 e. The van der Waals surface area contributed by atoms with Crippen molar-refractivity contribution >= 4 is 11.6 Å². The van der Waals surface area contributed by atoms with Gasteiger partial charge in [0, 0.05) is 19.2 Å². The number of hydrogen-bond donors (Lipinski definition) is 1. The summed E-state index contributed by atoms with van der Waals surface area (Å²) in [7, 11) is 1.88. The molecule has 0 unspecified atom stereocenters. The average Bonchev–Trinajstić information content (AvgIpc) is 2.81. The van der Waals surface area contributed by atoms with Gasteiger partial charge in [0.1, 0.15) is 18.7 Å². The Balaban J connectivity index is 2.12. The van der Waals surface area contributed by atoms with E-state index in [9.17, 15) is 0 Å². The third kappa shape index (κ3) is 3.45. The van der Waals surface area contributed by atoms with Crippen LogP contribution in [0.25, 0.3) is 0 Å². The first-order chi connectivity index (χ1) is 9.22. The molecule has 0 saturated carbocycles. The fourth-order valence-corrected chi connectivity index (χ4v) is 1.94. The number of aromatic nitrogens is 3. The molecule has 6 heteroatoms. The summed E-state index contributed by atoms with van der Waals surface area (Å²) in [5.41, 5.74) is 1.04. The van der Waals surface area contributed by atoms with Crippen LogP contribution >= 0.6 is 11.6 Å². The normalized spacial score (nSPS) is 10.7. The number of aryl methyl sites for hydroxylation is 1. The maximum atomic E-state index is 6.19. The van der Waals surface area contributed by atoms with Crippen LogP contribution in [0.3, 0.4) is 0 Å². The van der Waals surface area contributed by atoms with Gasteiger partial charge in [0.25, 0.3) is 0 Å². The lowest BCUT2D eigenvalue weighted by Gasteiger charge is -2.13. The van der Waals surface area contributed by atoms with Gasteiger partial charge in [-0.05, 0) is 12.6 Å². The Morgan fingerprint density at radius 2 is 2.26 bits per heavy atom. The third-order valence-electron chi connectivity index (χ3n) is 2.76. The van der Waals surface area contributed by atoms with Gasteiger partial charge in [0.05, 0.1) is 5.02 Å². The van der Waals surface area contributed by atoms with E-state index in [1.165, 1.54) is 0 Å². The monoisotopic (exact) mass is 280 g/mol. The van der Waals surface area contributed by atoms with Gasteiger partial charge in [-0.1, -0.05) is 30.7 Å². The molecule has 0 aliphatic rings. The number of para-hydroxylation sites is 1. The van der Waals surface area contributed by atoms with Gasteiger partial charge < -0.3 is 14.6 Å². The zero-order chi connectivity index (χ0) is 13.7. The lowest BCUT2D eigenvalue weighted by Crippen LogP contribution is -2.13. The van der Waals surface area contributed by atoms with Crippen LogP contribution in [0.15, 0.2) is 24.5 Å². The van der Waals surface area contributed by atoms with Crippen LogP contribution in [0, 0.1) is 0 Å². The van der Waals surface area contributed by atoms with Gasteiger partial charge in [-0.3, -0.25) is 0 Å². The zero-order valence-electron chi connectivity index (χ0n) is 11.1. The standard InChI is InChI=1S/C13H17ClN4O/c1-3-15-7-10-5-4-6-11(14)13(10)19-8-12-17-16-9-18(12)2/h4-6,9,15H,3,7-8H2,1-2H3. The predicted molar refractivity (Wildman–Crippen MR) is 74.2 cm³/mol. The van der Waals surface area contributed by atoms with Crippen molar-refractivity contribution in [3.8, 4) is 5.75 Å². The Labute approximate surface area is 117 Å². The first-order valence-corrected chi connectivity index (χ1v) is 6.54.